The lowest BCUT2D eigenvalue weighted by atomic mass is 10.3. The van der Waals surface area contributed by atoms with Gasteiger partial charge < -0.3 is 16.4 Å². The molecular formula is C24H17ClN10O. The molecule has 0 atom stereocenters. The Morgan fingerprint density at radius 2 is 1.92 bits per heavy atom. The van der Waals surface area contributed by atoms with Crippen LogP contribution in [0.2, 0.25) is 5.02 Å². The zero-order valence-corrected chi connectivity index (χ0v) is 19.3. The van der Waals surface area contributed by atoms with Crippen LogP contribution >= 0.6 is 11.6 Å². The van der Waals surface area contributed by atoms with Gasteiger partial charge >= 0.3 is 0 Å². The molecular weight excluding hydrogens is 480 g/mol. The van der Waals surface area contributed by atoms with Crippen molar-refractivity contribution < 1.29 is 4.79 Å². The maximum absolute atomic E-state index is 12.8. The van der Waals surface area contributed by atoms with Gasteiger partial charge in [0.05, 0.1) is 12.7 Å². The number of carbonyl (C=O) groups excluding carboxylic acids is 1. The Morgan fingerprint density at radius 1 is 1.03 bits per heavy atom. The molecule has 5 rings (SSSR count). The number of nitrogens with zero attached hydrogens (tertiary/aromatic N) is 7. The van der Waals surface area contributed by atoms with Gasteiger partial charge in [-0.25, -0.2) is 15.0 Å². The van der Waals surface area contributed by atoms with Crippen molar-refractivity contribution in [1.29, 1.82) is 0 Å². The highest BCUT2D eigenvalue weighted by Gasteiger charge is 2.15. The summed E-state index contributed by atoms with van der Waals surface area (Å²) in [7, 11) is 0. The molecule has 0 aliphatic carbocycles. The van der Waals surface area contributed by atoms with Crippen molar-refractivity contribution in [2.45, 2.75) is 6.54 Å². The molecule has 0 aliphatic heterocycles. The van der Waals surface area contributed by atoms with Crippen LogP contribution in [0.5, 0.6) is 0 Å². The van der Waals surface area contributed by atoms with Crippen molar-refractivity contribution in [2.75, 3.05) is 11.1 Å². The molecule has 0 saturated carbocycles. The largest absolute Gasteiger partial charge is 0.382 e. The van der Waals surface area contributed by atoms with Crippen molar-refractivity contribution in [2.24, 2.45) is 0 Å². The van der Waals surface area contributed by atoms with E-state index in [0.717, 1.165) is 5.69 Å². The smallest absolute Gasteiger partial charge is 0.274 e. The molecule has 0 aliphatic rings. The first kappa shape index (κ1) is 22.7. The normalized spacial score (nSPS) is 10.5. The highest BCUT2D eigenvalue weighted by atomic mass is 35.5. The summed E-state index contributed by atoms with van der Waals surface area (Å²) in [5.74, 6) is 6.10. The second-order valence-corrected chi connectivity index (χ2v) is 7.81. The van der Waals surface area contributed by atoms with Crippen molar-refractivity contribution in [3.8, 4) is 11.8 Å². The predicted octanol–water partition coefficient (Wildman–Crippen LogP) is 2.62. The van der Waals surface area contributed by atoms with E-state index < -0.39 is 5.91 Å². The van der Waals surface area contributed by atoms with Crippen LogP contribution in [0.25, 0.3) is 5.65 Å². The summed E-state index contributed by atoms with van der Waals surface area (Å²) in [5.41, 5.74) is 7.98. The fraction of sp³-hybridized carbons (Fsp3) is 0.0417. The number of nitrogen functional groups attached to an aromatic ring is 1. The SMILES string of the molecule is Nc1ncc(C#Cc2ccccn2)nc1C(=O)NCc1nnc2ccc(Nc3cccc(Cl)c3)nn12. The number of anilines is 3. The van der Waals surface area contributed by atoms with E-state index in [4.69, 9.17) is 17.3 Å². The molecule has 0 bridgehead atoms. The Hall–Kier alpha value is -5.08. The summed E-state index contributed by atoms with van der Waals surface area (Å²) in [5, 5.41) is 19.2. The van der Waals surface area contributed by atoms with E-state index in [1.807, 2.05) is 18.2 Å². The topological polar surface area (TPSA) is 149 Å². The fourth-order valence-electron chi connectivity index (χ4n) is 3.16. The van der Waals surface area contributed by atoms with Gasteiger partial charge in [-0.2, -0.15) is 4.52 Å². The molecule has 1 aromatic carbocycles. The number of nitrogens with two attached hydrogens (primary N) is 1. The number of halogens is 1. The molecule has 1 amide bonds. The van der Waals surface area contributed by atoms with Gasteiger partial charge in [-0.3, -0.25) is 4.79 Å². The number of hydrogen-bond donors (Lipinski definition) is 3. The molecule has 0 saturated heterocycles. The van der Waals surface area contributed by atoms with E-state index in [2.05, 4.69) is 52.7 Å². The molecule has 12 heteroatoms. The van der Waals surface area contributed by atoms with Gasteiger partial charge in [0.25, 0.3) is 5.91 Å². The fourth-order valence-corrected chi connectivity index (χ4v) is 3.35. The Kier molecular flexibility index (Phi) is 6.33. The summed E-state index contributed by atoms with van der Waals surface area (Å²) in [6.07, 6.45) is 3.03. The first-order chi connectivity index (χ1) is 17.5. The van der Waals surface area contributed by atoms with E-state index in [1.165, 1.54) is 10.7 Å². The number of fused-ring (bicyclic) bond motifs is 1. The molecule has 4 heterocycles. The molecule has 176 valence electrons. The Balaban J connectivity index is 1.31. The van der Waals surface area contributed by atoms with Crippen LogP contribution < -0.4 is 16.4 Å². The van der Waals surface area contributed by atoms with Crippen LogP contribution in [-0.2, 0) is 6.54 Å². The second-order valence-electron chi connectivity index (χ2n) is 7.38. The first-order valence-electron chi connectivity index (χ1n) is 10.6. The number of amides is 1. The lowest BCUT2D eigenvalue weighted by Crippen LogP contribution is -2.26. The van der Waals surface area contributed by atoms with E-state index in [0.29, 0.717) is 28.0 Å². The standard InChI is InChI=1S/C24H17ClN10O/c25-15-4-3-6-17(12-15)30-19-9-10-20-32-33-21(35(20)34-19)14-29-24(36)22-23(26)28-13-18(31-22)8-7-16-5-1-2-11-27-16/h1-6,9-13H,14H2,(H2,26,28)(H,29,36)(H,30,34). The molecule has 4 aromatic heterocycles. The van der Waals surface area contributed by atoms with Crippen LogP contribution in [0.15, 0.2) is 67.0 Å². The summed E-state index contributed by atoms with van der Waals surface area (Å²) >= 11 is 6.05. The lowest BCUT2D eigenvalue weighted by Gasteiger charge is -2.08. The van der Waals surface area contributed by atoms with Gasteiger partial charge in [-0.05, 0) is 54.3 Å². The van der Waals surface area contributed by atoms with E-state index in [-0.39, 0.29) is 23.8 Å². The summed E-state index contributed by atoms with van der Waals surface area (Å²) in [4.78, 5) is 25.2. The molecule has 0 radical (unpaired) electrons. The number of aromatic nitrogens is 7. The second kappa shape index (κ2) is 10.0. The van der Waals surface area contributed by atoms with Crippen molar-refractivity contribution in [1.82, 2.24) is 40.1 Å². The van der Waals surface area contributed by atoms with Crippen LogP contribution in [0.3, 0.4) is 0 Å². The molecule has 0 spiro atoms. The minimum absolute atomic E-state index is 0.0203. The minimum Gasteiger partial charge on any atom is -0.382 e. The van der Waals surface area contributed by atoms with Crippen LogP contribution in [-0.4, -0.2) is 40.7 Å². The van der Waals surface area contributed by atoms with Gasteiger partial charge in [0.1, 0.15) is 11.4 Å². The zero-order valence-electron chi connectivity index (χ0n) is 18.6. The van der Waals surface area contributed by atoms with Gasteiger partial charge in [-0.1, -0.05) is 23.7 Å². The monoisotopic (exact) mass is 496 g/mol. The summed E-state index contributed by atoms with van der Waals surface area (Å²) in [6, 6.07) is 16.2. The number of pyridine rings is 1. The quantitative estimate of drug-likeness (QED) is 0.312. The number of benzene rings is 1. The minimum atomic E-state index is -0.536. The van der Waals surface area contributed by atoms with Crippen LogP contribution in [0.4, 0.5) is 17.3 Å². The first-order valence-corrected chi connectivity index (χ1v) is 11.0. The molecule has 11 nitrogen and oxygen atoms in total. The van der Waals surface area contributed by atoms with Crippen LogP contribution in [0, 0.1) is 11.8 Å². The van der Waals surface area contributed by atoms with Crippen molar-refractivity contribution >= 4 is 40.5 Å². The summed E-state index contributed by atoms with van der Waals surface area (Å²) in [6.45, 7) is 0.0264. The van der Waals surface area contributed by atoms with Crippen LogP contribution in [0.1, 0.15) is 27.7 Å². The van der Waals surface area contributed by atoms with Crippen molar-refractivity contribution in [3.05, 3.63) is 94.9 Å². The number of nitrogens with one attached hydrogen (secondary N) is 2. The van der Waals surface area contributed by atoms with E-state index in [1.54, 1.807) is 42.6 Å². The number of rotatable bonds is 5. The third kappa shape index (κ3) is 5.19. The average molecular weight is 497 g/mol. The maximum Gasteiger partial charge on any atom is 0.274 e. The highest BCUT2D eigenvalue weighted by Crippen LogP contribution is 2.19. The zero-order chi connectivity index (χ0) is 24.9. The third-order valence-corrected chi connectivity index (χ3v) is 5.07. The summed E-state index contributed by atoms with van der Waals surface area (Å²) < 4.78 is 1.52. The predicted molar refractivity (Wildman–Crippen MR) is 133 cm³/mol. The highest BCUT2D eigenvalue weighted by molar-refractivity contribution is 6.30. The van der Waals surface area contributed by atoms with E-state index in [9.17, 15) is 4.79 Å². The molecule has 0 unspecified atom stereocenters. The number of carbonyl (C=O) groups is 1. The Morgan fingerprint density at radius 3 is 2.75 bits per heavy atom. The average Bonchev–Trinajstić information content (AvgIpc) is 3.29. The van der Waals surface area contributed by atoms with Gasteiger partial charge in [-0.15, -0.1) is 15.3 Å². The maximum atomic E-state index is 12.8. The molecule has 0 fully saturated rings. The van der Waals surface area contributed by atoms with Gasteiger partial charge in [0, 0.05) is 16.9 Å². The van der Waals surface area contributed by atoms with E-state index >= 15 is 0 Å². The van der Waals surface area contributed by atoms with Gasteiger partial charge in [0.15, 0.2) is 28.8 Å². The third-order valence-electron chi connectivity index (χ3n) is 4.83. The number of hydrogen-bond acceptors (Lipinski definition) is 9. The molecule has 4 N–H and O–H groups in total. The lowest BCUT2D eigenvalue weighted by molar-refractivity contribution is 0.0945. The van der Waals surface area contributed by atoms with Crippen molar-refractivity contribution in [3.63, 3.8) is 0 Å². The Labute approximate surface area is 209 Å². The van der Waals surface area contributed by atoms with Gasteiger partial charge in [0.2, 0.25) is 0 Å². The molecule has 36 heavy (non-hydrogen) atoms. The Bertz CT molecular complexity index is 1620. The molecule has 5 aromatic rings.